The Hall–Kier alpha value is -1.19. The van der Waals surface area contributed by atoms with Crippen LogP contribution in [0.2, 0.25) is 0 Å². The number of Topliss-reactive ketones (excluding diaryl/α,β-unsaturated/α-hetero) is 1. The van der Waals surface area contributed by atoms with Crippen LogP contribution >= 0.6 is 0 Å². The van der Waals surface area contributed by atoms with E-state index >= 15 is 0 Å². The summed E-state index contributed by atoms with van der Waals surface area (Å²) in [6.45, 7) is 4.40. The summed E-state index contributed by atoms with van der Waals surface area (Å²) < 4.78 is 0. The summed E-state index contributed by atoms with van der Waals surface area (Å²) in [6, 6.07) is 6.06. The van der Waals surface area contributed by atoms with Gasteiger partial charge in [0.05, 0.1) is 12.6 Å². The molecule has 1 saturated carbocycles. The third-order valence-corrected chi connectivity index (χ3v) is 4.34. The summed E-state index contributed by atoms with van der Waals surface area (Å²) >= 11 is 0. The Bertz CT molecular complexity index is 484. The number of hydrogen-bond donors (Lipinski definition) is 1. The lowest BCUT2D eigenvalue weighted by atomic mass is 9.91. The molecule has 0 radical (unpaired) electrons. The zero-order chi connectivity index (χ0) is 14.7. The highest BCUT2D eigenvalue weighted by Crippen LogP contribution is 2.22. The van der Waals surface area contributed by atoms with Crippen molar-refractivity contribution in [1.29, 1.82) is 0 Å². The van der Waals surface area contributed by atoms with Gasteiger partial charge in [-0.2, -0.15) is 0 Å². The van der Waals surface area contributed by atoms with Crippen molar-refractivity contribution in [3.63, 3.8) is 0 Å². The molecule has 0 heterocycles. The molecule has 3 nitrogen and oxygen atoms in total. The largest absolute Gasteiger partial charge is 0.391 e. The summed E-state index contributed by atoms with van der Waals surface area (Å²) in [5, 5.41) is 10.1. The van der Waals surface area contributed by atoms with Gasteiger partial charge >= 0.3 is 0 Å². The molecule has 0 spiro atoms. The summed E-state index contributed by atoms with van der Waals surface area (Å²) in [5.41, 5.74) is 3.01. The maximum atomic E-state index is 12.4. The Kier molecular flexibility index (Phi) is 4.95. The molecule has 1 aliphatic carbocycles. The van der Waals surface area contributed by atoms with Gasteiger partial charge in [0, 0.05) is 11.6 Å². The lowest BCUT2D eigenvalue weighted by molar-refractivity contribution is 0.0322. The van der Waals surface area contributed by atoms with E-state index in [0.717, 1.165) is 36.8 Å². The molecule has 0 aliphatic heterocycles. The molecule has 2 unspecified atom stereocenters. The number of aryl methyl sites for hydroxylation is 2. The van der Waals surface area contributed by atoms with Crippen molar-refractivity contribution in [3.05, 3.63) is 34.9 Å². The van der Waals surface area contributed by atoms with Crippen molar-refractivity contribution >= 4 is 5.78 Å². The highest BCUT2D eigenvalue weighted by atomic mass is 16.3. The van der Waals surface area contributed by atoms with E-state index in [1.165, 1.54) is 5.56 Å². The Labute approximate surface area is 121 Å². The Morgan fingerprint density at radius 3 is 2.65 bits per heavy atom. The second kappa shape index (κ2) is 6.51. The monoisotopic (exact) mass is 275 g/mol. The van der Waals surface area contributed by atoms with Gasteiger partial charge in [-0.3, -0.25) is 9.69 Å². The Balaban J connectivity index is 2.03. The van der Waals surface area contributed by atoms with E-state index in [-0.39, 0.29) is 17.9 Å². The molecule has 0 bridgehead atoms. The molecule has 1 aromatic rings. The van der Waals surface area contributed by atoms with Crippen LogP contribution < -0.4 is 0 Å². The van der Waals surface area contributed by atoms with Gasteiger partial charge < -0.3 is 5.11 Å². The number of ketones is 1. The Morgan fingerprint density at radius 2 is 2.00 bits per heavy atom. The molecule has 0 saturated heterocycles. The first-order chi connectivity index (χ1) is 9.49. The predicted molar refractivity (Wildman–Crippen MR) is 81.1 cm³/mol. The van der Waals surface area contributed by atoms with Crippen LogP contribution in [-0.2, 0) is 0 Å². The number of carbonyl (C=O) groups is 1. The summed E-state index contributed by atoms with van der Waals surface area (Å²) in [6.07, 6.45) is 3.78. The number of carbonyl (C=O) groups excluding carboxylic acids is 1. The fraction of sp³-hybridized carbons (Fsp3) is 0.588. The maximum Gasteiger partial charge on any atom is 0.177 e. The minimum absolute atomic E-state index is 0.124. The molecule has 1 aliphatic rings. The van der Waals surface area contributed by atoms with Crippen molar-refractivity contribution < 1.29 is 9.90 Å². The molecule has 1 fully saturated rings. The van der Waals surface area contributed by atoms with Crippen molar-refractivity contribution in [3.8, 4) is 0 Å². The first-order valence-electron chi connectivity index (χ1n) is 7.48. The second-order valence-corrected chi connectivity index (χ2v) is 6.08. The molecule has 20 heavy (non-hydrogen) atoms. The Morgan fingerprint density at radius 1 is 1.30 bits per heavy atom. The lowest BCUT2D eigenvalue weighted by Crippen LogP contribution is -2.45. The average molecular weight is 275 g/mol. The van der Waals surface area contributed by atoms with Gasteiger partial charge in [-0.15, -0.1) is 0 Å². The van der Waals surface area contributed by atoms with Crippen molar-refractivity contribution in [2.24, 2.45) is 0 Å². The van der Waals surface area contributed by atoms with Crippen LogP contribution in [0.5, 0.6) is 0 Å². The third kappa shape index (κ3) is 3.47. The highest BCUT2D eigenvalue weighted by molar-refractivity contribution is 5.99. The zero-order valence-electron chi connectivity index (χ0n) is 12.7. The molecule has 2 atom stereocenters. The number of benzene rings is 1. The minimum atomic E-state index is -0.291. The van der Waals surface area contributed by atoms with Gasteiger partial charge in [0.15, 0.2) is 5.78 Å². The number of nitrogens with zero attached hydrogens (tertiary/aromatic N) is 1. The van der Waals surface area contributed by atoms with Crippen molar-refractivity contribution in [2.45, 2.75) is 51.7 Å². The number of hydrogen-bond acceptors (Lipinski definition) is 3. The quantitative estimate of drug-likeness (QED) is 0.859. The van der Waals surface area contributed by atoms with Crippen LogP contribution in [0.4, 0.5) is 0 Å². The summed E-state index contributed by atoms with van der Waals surface area (Å²) in [4.78, 5) is 14.4. The van der Waals surface area contributed by atoms with Crippen LogP contribution in [0.15, 0.2) is 18.2 Å². The minimum Gasteiger partial charge on any atom is -0.391 e. The number of aliphatic hydroxyl groups is 1. The van der Waals surface area contributed by atoms with Gasteiger partial charge in [0.25, 0.3) is 0 Å². The first kappa shape index (κ1) is 15.2. The number of likely N-dealkylation sites (N-methyl/N-ethyl adjacent to an activating group) is 1. The molecule has 110 valence electrons. The smallest absolute Gasteiger partial charge is 0.177 e. The molecule has 3 heteroatoms. The van der Waals surface area contributed by atoms with E-state index in [9.17, 15) is 9.90 Å². The van der Waals surface area contributed by atoms with E-state index in [1.807, 2.05) is 44.0 Å². The lowest BCUT2D eigenvalue weighted by Gasteiger charge is -2.34. The normalized spacial score (nSPS) is 23.1. The van der Waals surface area contributed by atoms with Gasteiger partial charge in [-0.05, 0) is 39.3 Å². The van der Waals surface area contributed by atoms with Gasteiger partial charge in [0.2, 0.25) is 0 Å². The molecule has 1 N–H and O–H groups in total. The molecule has 0 aromatic heterocycles. The van der Waals surface area contributed by atoms with Crippen molar-refractivity contribution in [1.82, 2.24) is 4.90 Å². The van der Waals surface area contributed by atoms with Gasteiger partial charge in [-0.25, -0.2) is 0 Å². The van der Waals surface area contributed by atoms with Crippen LogP contribution in [0.1, 0.15) is 47.2 Å². The molecular formula is C17H25NO2. The maximum absolute atomic E-state index is 12.4. The fourth-order valence-electron chi connectivity index (χ4n) is 3.16. The summed E-state index contributed by atoms with van der Waals surface area (Å²) in [7, 11) is 1.95. The second-order valence-electron chi connectivity index (χ2n) is 6.08. The third-order valence-electron chi connectivity index (χ3n) is 4.34. The van der Waals surface area contributed by atoms with E-state index in [4.69, 9.17) is 0 Å². The van der Waals surface area contributed by atoms with Crippen LogP contribution in [0.3, 0.4) is 0 Å². The first-order valence-corrected chi connectivity index (χ1v) is 7.48. The topological polar surface area (TPSA) is 40.5 Å². The van der Waals surface area contributed by atoms with Crippen LogP contribution in [0, 0.1) is 13.8 Å². The number of aliphatic hydroxyl groups excluding tert-OH is 1. The highest BCUT2D eigenvalue weighted by Gasteiger charge is 2.27. The molecular weight excluding hydrogens is 250 g/mol. The van der Waals surface area contributed by atoms with E-state index in [2.05, 4.69) is 0 Å². The zero-order valence-corrected chi connectivity index (χ0v) is 12.7. The number of rotatable bonds is 4. The molecule has 1 aromatic carbocycles. The molecule has 2 rings (SSSR count). The van der Waals surface area contributed by atoms with E-state index in [1.54, 1.807) is 0 Å². The standard InChI is InChI=1S/C17H25NO2/c1-12-8-9-14(13(2)10-12)17(20)11-18(3)15-6-4-5-7-16(15)19/h8-10,15-16,19H,4-7,11H2,1-3H3. The van der Waals surface area contributed by atoms with Gasteiger partial charge in [-0.1, -0.05) is 36.6 Å². The van der Waals surface area contributed by atoms with E-state index in [0.29, 0.717) is 6.54 Å². The molecule has 0 amide bonds. The van der Waals surface area contributed by atoms with E-state index < -0.39 is 0 Å². The van der Waals surface area contributed by atoms with Crippen LogP contribution in [-0.4, -0.2) is 41.5 Å². The SMILES string of the molecule is Cc1ccc(C(=O)CN(C)C2CCCCC2O)c(C)c1. The average Bonchev–Trinajstić information content (AvgIpc) is 2.38. The van der Waals surface area contributed by atoms with Crippen LogP contribution in [0.25, 0.3) is 0 Å². The van der Waals surface area contributed by atoms with Crippen molar-refractivity contribution in [2.75, 3.05) is 13.6 Å². The summed E-state index contributed by atoms with van der Waals surface area (Å²) in [5.74, 6) is 0.141. The van der Waals surface area contributed by atoms with Gasteiger partial charge in [0.1, 0.15) is 0 Å². The predicted octanol–water partition coefficient (Wildman–Crippen LogP) is 2.72. The fourth-order valence-corrected chi connectivity index (χ4v) is 3.16.